The highest BCUT2D eigenvalue weighted by Crippen LogP contribution is 2.24. The number of aromatic amines is 2. The molecular formula is C12H8ClN3O2. The first-order valence-electron chi connectivity index (χ1n) is 5.22. The Morgan fingerprint density at radius 3 is 2.89 bits per heavy atom. The van der Waals surface area contributed by atoms with E-state index in [4.69, 9.17) is 16.3 Å². The predicted octanol–water partition coefficient (Wildman–Crippen LogP) is 2.70. The summed E-state index contributed by atoms with van der Waals surface area (Å²) < 4.78 is 5.59. The number of hydrogen-bond donors (Lipinski definition) is 2. The number of benzene rings is 1. The van der Waals surface area contributed by atoms with Crippen LogP contribution in [0, 0.1) is 0 Å². The molecule has 3 aromatic rings. The Kier molecular flexibility index (Phi) is 2.53. The number of rotatable bonds is 2. The van der Waals surface area contributed by atoms with Crippen LogP contribution in [0.4, 0.5) is 0 Å². The number of pyridine rings is 1. The predicted molar refractivity (Wildman–Crippen MR) is 68.2 cm³/mol. The first-order chi connectivity index (χ1) is 8.70. The third-order valence-corrected chi connectivity index (χ3v) is 2.61. The molecule has 0 radical (unpaired) electrons. The van der Waals surface area contributed by atoms with Crippen LogP contribution in [0.1, 0.15) is 0 Å². The number of nitrogens with one attached hydrogen (secondary N) is 2. The highest BCUT2D eigenvalue weighted by molar-refractivity contribution is 6.30. The van der Waals surface area contributed by atoms with Crippen LogP contribution in [0.5, 0.6) is 11.5 Å². The van der Waals surface area contributed by atoms with E-state index in [1.807, 2.05) is 0 Å². The second-order valence-corrected chi connectivity index (χ2v) is 4.14. The summed E-state index contributed by atoms with van der Waals surface area (Å²) in [5, 5.41) is 0.594. The van der Waals surface area contributed by atoms with Crippen LogP contribution in [0.15, 0.2) is 41.3 Å². The molecule has 0 saturated carbocycles. The van der Waals surface area contributed by atoms with Gasteiger partial charge in [0.2, 0.25) is 0 Å². The van der Waals surface area contributed by atoms with Gasteiger partial charge in [-0.3, -0.25) is 4.98 Å². The molecule has 0 saturated heterocycles. The van der Waals surface area contributed by atoms with Gasteiger partial charge in [-0.1, -0.05) is 17.7 Å². The zero-order chi connectivity index (χ0) is 12.5. The average Bonchev–Trinajstić information content (AvgIpc) is 2.68. The molecule has 6 heteroatoms. The third kappa shape index (κ3) is 2.08. The van der Waals surface area contributed by atoms with Crippen LogP contribution < -0.4 is 10.4 Å². The average molecular weight is 262 g/mol. The van der Waals surface area contributed by atoms with Crippen molar-refractivity contribution in [2.75, 3.05) is 0 Å². The Labute approximate surface area is 106 Å². The lowest BCUT2D eigenvalue weighted by molar-refractivity contribution is 0.481. The van der Waals surface area contributed by atoms with Gasteiger partial charge in [-0.05, 0) is 18.2 Å². The van der Waals surface area contributed by atoms with Crippen molar-refractivity contribution in [1.29, 1.82) is 0 Å². The lowest BCUT2D eigenvalue weighted by Crippen LogP contribution is -1.99. The van der Waals surface area contributed by atoms with Gasteiger partial charge in [-0.2, -0.15) is 0 Å². The Morgan fingerprint density at radius 1 is 1.17 bits per heavy atom. The monoisotopic (exact) mass is 261 g/mol. The number of H-pyrrole nitrogens is 2. The Morgan fingerprint density at radius 2 is 2.06 bits per heavy atom. The SMILES string of the molecule is O=c1[nH]c2cc(Oc3cccc(Cl)c3)cnc2[nH]1. The van der Waals surface area contributed by atoms with E-state index in [1.165, 1.54) is 6.20 Å². The molecule has 2 aromatic heterocycles. The fourth-order valence-corrected chi connectivity index (χ4v) is 1.80. The largest absolute Gasteiger partial charge is 0.456 e. The van der Waals surface area contributed by atoms with Crippen LogP contribution in [-0.4, -0.2) is 15.0 Å². The molecule has 0 fully saturated rings. The standard InChI is InChI=1S/C12H8ClN3O2/c13-7-2-1-3-8(4-7)18-9-5-10-11(14-6-9)16-12(17)15-10/h1-6H,(H2,14,15,16,17). The summed E-state index contributed by atoms with van der Waals surface area (Å²) in [6.45, 7) is 0. The van der Waals surface area contributed by atoms with Gasteiger partial charge >= 0.3 is 5.69 Å². The summed E-state index contributed by atoms with van der Waals surface area (Å²) in [5.41, 5.74) is 0.801. The van der Waals surface area contributed by atoms with Gasteiger partial charge in [-0.25, -0.2) is 9.78 Å². The molecule has 90 valence electrons. The van der Waals surface area contributed by atoms with Gasteiger partial charge in [-0.15, -0.1) is 0 Å². The molecule has 0 spiro atoms. The molecule has 0 aliphatic rings. The van der Waals surface area contributed by atoms with Gasteiger partial charge in [0, 0.05) is 11.1 Å². The number of nitrogens with zero attached hydrogens (tertiary/aromatic N) is 1. The molecule has 0 bridgehead atoms. The molecule has 5 nitrogen and oxygen atoms in total. The van der Waals surface area contributed by atoms with Crippen molar-refractivity contribution in [2.24, 2.45) is 0 Å². The Bertz CT molecular complexity index is 763. The van der Waals surface area contributed by atoms with Crippen LogP contribution in [0.25, 0.3) is 11.2 Å². The minimum atomic E-state index is -0.294. The highest BCUT2D eigenvalue weighted by atomic mass is 35.5. The van der Waals surface area contributed by atoms with Crippen molar-refractivity contribution in [3.63, 3.8) is 0 Å². The van der Waals surface area contributed by atoms with Crippen LogP contribution >= 0.6 is 11.6 Å². The van der Waals surface area contributed by atoms with E-state index in [1.54, 1.807) is 30.3 Å². The lowest BCUT2D eigenvalue weighted by atomic mass is 10.3. The molecule has 0 unspecified atom stereocenters. The number of imidazole rings is 1. The third-order valence-electron chi connectivity index (χ3n) is 2.37. The second-order valence-electron chi connectivity index (χ2n) is 3.71. The molecule has 18 heavy (non-hydrogen) atoms. The summed E-state index contributed by atoms with van der Waals surface area (Å²) in [5.74, 6) is 1.14. The van der Waals surface area contributed by atoms with Gasteiger partial charge in [0.1, 0.15) is 11.5 Å². The van der Waals surface area contributed by atoms with Crippen LogP contribution in [0.3, 0.4) is 0 Å². The molecule has 0 amide bonds. The number of hydrogen-bond acceptors (Lipinski definition) is 3. The van der Waals surface area contributed by atoms with E-state index in [2.05, 4.69) is 15.0 Å². The van der Waals surface area contributed by atoms with E-state index >= 15 is 0 Å². The van der Waals surface area contributed by atoms with E-state index < -0.39 is 0 Å². The molecule has 2 N–H and O–H groups in total. The molecule has 1 aromatic carbocycles. The van der Waals surface area contributed by atoms with Gasteiger partial charge in [0.05, 0.1) is 11.7 Å². The summed E-state index contributed by atoms with van der Waals surface area (Å²) in [7, 11) is 0. The number of aromatic nitrogens is 3. The summed E-state index contributed by atoms with van der Waals surface area (Å²) in [6, 6.07) is 8.74. The first-order valence-corrected chi connectivity index (χ1v) is 5.60. The van der Waals surface area contributed by atoms with Crippen LogP contribution in [0.2, 0.25) is 5.02 Å². The van der Waals surface area contributed by atoms with E-state index in [9.17, 15) is 4.79 Å². The summed E-state index contributed by atoms with van der Waals surface area (Å²) >= 11 is 5.86. The lowest BCUT2D eigenvalue weighted by Gasteiger charge is -2.04. The maximum Gasteiger partial charge on any atom is 0.325 e. The minimum absolute atomic E-state index is 0.294. The maximum atomic E-state index is 11.1. The smallest absolute Gasteiger partial charge is 0.325 e. The van der Waals surface area contributed by atoms with Crippen molar-refractivity contribution >= 4 is 22.8 Å². The van der Waals surface area contributed by atoms with Crippen molar-refractivity contribution in [1.82, 2.24) is 15.0 Å². The molecule has 3 rings (SSSR count). The van der Waals surface area contributed by atoms with Crippen molar-refractivity contribution < 1.29 is 4.74 Å². The zero-order valence-corrected chi connectivity index (χ0v) is 9.86. The topological polar surface area (TPSA) is 70.8 Å². The summed E-state index contributed by atoms with van der Waals surface area (Å²) in [6.07, 6.45) is 1.53. The fraction of sp³-hybridized carbons (Fsp3) is 0. The Hall–Kier alpha value is -2.27. The van der Waals surface area contributed by atoms with Crippen molar-refractivity contribution in [3.05, 3.63) is 52.0 Å². The fourth-order valence-electron chi connectivity index (χ4n) is 1.62. The highest BCUT2D eigenvalue weighted by Gasteiger charge is 2.03. The number of fused-ring (bicyclic) bond motifs is 1. The first kappa shape index (κ1) is 10.9. The van der Waals surface area contributed by atoms with E-state index in [0.717, 1.165) is 0 Å². The van der Waals surface area contributed by atoms with E-state index in [0.29, 0.717) is 27.7 Å². The molecule has 0 aliphatic heterocycles. The normalized spacial score (nSPS) is 10.7. The van der Waals surface area contributed by atoms with Crippen molar-refractivity contribution in [3.8, 4) is 11.5 Å². The minimum Gasteiger partial charge on any atom is -0.456 e. The summed E-state index contributed by atoms with van der Waals surface area (Å²) in [4.78, 5) is 20.3. The molecular weight excluding hydrogens is 254 g/mol. The van der Waals surface area contributed by atoms with Gasteiger partial charge in [0.25, 0.3) is 0 Å². The van der Waals surface area contributed by atoms with Gasteiger partial charge in [0.15, 0.2) is 5.65 Å². The van der Waals surface area contributed by atoms with E-state index in [-0.39, 0.29) is 5.69 Å². The van der Waals surface area contributed by atoms with Gasteiger partial charge < -0.3 is 9.72 Å². The Balaban J connectivity index is 1.97. The molecule has 0 atom stereocenters. The maximum absolute atomic E-state index is 11.1. The number of ether oxygens (including phenoxy) is 1. The second kappa shape index (κ2) is 4.19. The molecule has 0 aliphatic carbocycles. The number of halogens is 1. The van der Waals surface area contributed by atoms with Crippen molar-refractivity contribution in [2.45, 2.75) is 0 Å². The van der Waals surface area contributed by atoms with Crippen LogP contribution in [-0.2, 0) is 0 Å². The quantitative estimate of drug-likeness (QED) is 0.745. The zero-order valence-electron chi connectivity index (χ0n) is 9.11. The molecule has 2 heterocycles.